The van der Waals surface area contributed by atoms with E-state index in [1.165, 1.54) is 13.8 Å². The van der Waals surface area contributed by atoms with Gasteiger partial charge in [-0.25, -0.2) is 9.59 Å². The van der Waals surface area contributed by atoms with Crippen molar-refractivity contribution in [2.75, 3.05) is 24.7 Å². The zero-order chi connectivity index (χ0) is 19.7. The highest BCUT2D eigenvalue weighted by Gasteiger charge is 2.23. The van der Waals surface area contributed by atoms with Crippen LogP contribution < -0.4 is 0 Å². The Hall–Kier alpha value is -2.08. The van der Waals surface area contributed by atoms with Crippen molar-refractivity contribution < 1.29 is 44.3 Å². The average Bonchev–Trinajstić information content (AvgIpc) is 2.46. The second-order valence-electron chi connectivity index (χ2n) is 4.33. The van der Waals surface area contributed by atoms with Crippen molar-refractivity contribution in [3.8, 4) is 0 Å². The maximum atomic E-state index is 11.6. The summed E-state index contributed by atoms with van der Waals surface area (Å²) >= 11 is 0. The monoisotopic (exact) mass is 400 g/mol. The van der Waals surface area contributed by atoms with Crippen molar-refractivity contribution in [1.82, 2.24) is 0 Å². The van der Waals surface area contributed by atoms with Gasteiger partial charge in [0, 0.05) is 0 Å². The van der Waals surface area contributed by atoms with Gasteiger partial charge in [0.2, 0.25) is 11.5 Å². The van der Waals surface area contributed by atoms with Gasteiger partial charge in [0.15, 0.2) is 0 Å². The van der Waals surface area contributed by atoms with Crippen LogP contribution in [0.2, 0.25) is 0 Å². The van der Waals surface area contributed by atoms with Gasteiger partial charge in [-0.15, -0.1) is 0 Å². The molecule has 144 valence electrons. The van der Waals surface area contributed by atoms with Crippen LogP contribution in [0.5, 0.6) is 0 Å². The van der Waals surface area contributed by atoms with Crippen LogP contribution in [0.1, 0.15) is 20.3 Å². The molecule has 0 aromatic rings. The van der Waals surface area contributed by atoms with E-state index in [1.807, 2.05) is 0 Å². The Morgan fingerprint density at radius 3 is 1.36 bits per heavy atom. The number of hydrogen-bond donors (Lipinski definition) is 0. The zero-order valence-corrected chi connectivity index (χ0v) is 15.5. The molecule has 0 heterocycles. The van der Waals surface area contributed by atoms with Gasteiger partial charge in [-0.3, -0.25) is 0 Å². The third kappa shape index (κ3) is 9.72. The Labute approximate surface area is 146 Å². The summed E-state index contributed by atoms with van der Waals surface area (Å²) in [5.74, 6) is -5.05. The lowest BCUT2D eigenvalue weighted by Gasteiger charge is -2.10. The fourth-order valence-electron chi connectivity index (χ4n) is 1.29. The van der Waals surface area contributed by atoms with Crippen molar-refractivity contribution in [3.05, 3.63) is 24.7 Å². The van der Waals surface area contributed by atoms with Crippen LogP contribution in [-0.4, -0.2) is 53.5 Å². The fraction of sp³-hybridized carbons (Fsp3) is 0.538. The molecule has 0 fully saturated rings. The van der Waals surface area contributed by atoms with Crippen molar-refractivity contribution in [3.63, 3.8) is 0 Å². The van der Waals surface area contributed by atoms with Gasteiger partial charge in [0.1, 0.15) is 0 Å². The van der Waals surface area contributed by atoms with Gasteiger partial charge in [0.25, 0.3) is 0 Å². The standard InChI is InChI=1S/C13H20O10S2/c1-5-20-12(14)10(3)22-24(16,17)8-7-9-25(18,19)23-11(4)13(15)21-6-2/h3-9H2,1-2H3. The van der Waals surface area contributed by atoms with Gasteiger partial charge >= 0.3 is 32.2 Å². The molecule has 0 radical (unpaired) electrons. The Morgan fingerprint density at radius 1 is 0.760 bits per heavy atom. The van der Waals surface area contributed by atoms with Crippen LogP contribution in [0.15, 0.2) is 24.7 Å². The molecule has 0 spiro atoms. The molecule has 0 aromatic heterocycles. The first-order valence-corrected chi connectivity index (χ1v) is 10.2. The van der Waals surface area contributed by atoms with E-state index in [9.17, 15) is 26.4 Å². The highest BCUT2D eigenvalue weighted by Crippen LogP contribution is 2.10. The summed E-state index contributed by atoms with van der Waals surface area (Å²) in [7, 11) is -8.51. The molecule has 0 aliphatic heterocycles. The van der Waals surface area contributed by atoms with Gasteiger partial charge in [-0.1, -0.05) is 0 Å². The van der Waals surface area contributed by atoms with E-state index in [2.05, 4.69) is 31.0 Å². The quantitative estimate of drug-likeness (QED) is 0.193. The summed E-state index contributed by atoms with van der Waals surface area (Å²) in [5.41, 5.74) is 0. The van der Waals surface area contributed by atoms with Crippen molar-refractivity contribution in [1.29, 1.82) is 0 Å². The predicted molar refractivity (Wildman–Crippen MR) is 85.9 cm³/mol. The summed E-state index contributed by atoms with van der Waals surface area (Å²) in [6, 6.07) is 0. The number of carbonyl (C=O) groups excluding carboxylic acids is 2. The second kappa shape index (κ2) is 10.0. The molecule has 10 nitrogen and oxygen atoms in total. The molecule has 0 atom stereocenters. The van der Waals surface area contributed by atoms with Crippen LogP contribution >= 0.6 is 0 Å². The normalized spacial score (nSPS) is 11.3. The van der Waals surface area contributed by atoms with E-state index in [0.29, 0.717) is 0 Å². The van der Waals surface area contributed by atoms with Crippen molar-refractivity contribution in [2.45, 2.75) is 20.3 Å². The topological polar surface area (TPSA) is 139 Å². The summed E-state index contributed by atoms with van der Waals surface area (Å²) < 4.78 is 64.3. The molecule has 0 saturated heterocycles. The molecule has 12 heteroatoms. The van der Waals surface area contributed by atoms with E-state index in [-0.39, 0.29) is 13.2 Å². The lowest BCUT2D eigenvalue weighted by molar-refractivity contribution is -0.141. The van der Waals surface area contributed by atoms with Gasteiger partial charge in [0.05, 0.1) is 24.7 Å². The van der Waals surface area contributed by atoms with Crippen LogP contribution in [0.4, 0.5) is 0 Å². The van der Waals surface area contributed by atoms with Crippen molar-refractivity contribution in [2.24, 2.45) is 0 Å². The number of esters is 2. The lowest BCUT2D eigenvalue weighted by Crippen LogP contribution is -2.20. The largest absolute Gasteiger partial charge is 0.460 e. The highest BCUT2D eigenvalue weighted by molar-refractivity contribution is 7.87. The van der Waals surface area contributed by atoms with E-state index in [4.69, 9.17) is 0 Å². The zero-order valence-electron chi connectivity index (χ0n) is 13.8. The number of carbonyl (C=O) groups is 2. The Morgan fingerprint density at radius 2 is 1.08 bits per heavy atom. The first-order chi connectivity index (χ1) is 11.4. The molecule has 0 amide bonds. The predicted octanol–water partition coefficient (Wildman–Crippen LogP) is 0.223. The third-order valence-electron chi connectivity index (χ3n) is 2.25. The molecule has 0 saturated carbocycles. The molecule has 0 rings (SSSR count). The summed E-state index contributed by atoms with van der Waals surface area (Å²) in [6.45, 7) is 9.24. The lowest BCUT2D eigenvalue weighted by atomic mass is 10.6. The molecule has 0 bridgehead atoms. The first-order valence-electron chi connectivity index (χ1n) is 7.00. The van der Waals surface area contributed by atoms with Gasteiger partial charge in [-0.2, -0.15) is 16.8 Å². The second-order valence-corrected chi connectivity index (χ2v) is 7.71. The van der Waals surface area contributed by atoms with Crippen molar-refractivity contribution >= 4 is 32.2 Å². The molecule has 0 aromatic carbocycles. The van der Waals surface area contributed by atoms with E-state index < -0.39 is 61.6 Å². The van der Waals surface area contributed by atoms with Crippen LogP contribution in [0.3, 0.4) is 0 Å². The number of rotatable bonds is 12. The van der Waals surface area contributed by atoms with E-state index in [1.54, 1.807) is 0 Å². The van der Waals surface area contributed by atoms with E-state index >= 15 is 0 Å². The molecule has 0 unspecified atom stereocenters. The molecular weight excluding hydrogens is 380 g/mol. The smallest absolute Gasteiger partial charge is 0.374 e. The Balaban J connectivity index is 4.52. The van der Waals surface area contributed by atoms with Crippen LogP contribution in [0.25, 0.3) is 0 Å². The summed E-state index contributed by atoms with van der Waals surface area (Å²) in [4.78, 5) is 22.4. The maximum absolute atomic E-state index is 11.6. The average molecular weight is 400 g/mol. The minimum atomic E-state index is -4.25. The number of hydrogen-bond acceptors (Lipinski definition) is 10. The molecule has 25 heavy (non-hydrogen) atoms. The third-order valence-corrected chi connectivity index (χ3v) is 4.74. The van der Waals surface area contributed by atoms with Crippen LogP contribution in [-0.2, 0) is 47.7 Å². The molecule has 0 aliphatic rings. The summed E-state index contributed by atoms with van der Waals surface area (Å²) in [6.07, 6.45) is -0.420. The number of ether oxygens (including phenoxy) is 2. The molecule has 0 N–H and O–H groups in total. The maximum Gasteiger partial charge on any atom is 0.374 e. The molecule has 0 aliphatic carbocycles. The Bertz CT molecular complexity index is 656. The van der Waals surface area contributed by atoms with E-state index in [0.717, 1.165) is 0 Å². The SMILES string of the molecule is C=C(OS(=O)(=O)CCCS(=O)(=O)OC(=C)C(=O)OCC)C(=O)OCC. The van der Waals surface area contributed by atoms with Crippen LogP contribution in [0, 0.1) is 0 Å². The fourth-order valence-corrected chi connectivity index (χ4v) is 3.39. The van der Waals surface area contributed by atoms with Gasteiger partial charge < -0.3 is 17.8 Å². The summed E-state index contributed by atoms with van der Waals surface area (Å²) in [5, 5.41) is 0. The minimum Gasteiger partial charge on any atom is -0.460 e. The minimum absolute atomic E-state index is 0.00119. The highest BCUT2D eigenvalue weighted by atomic mass is 32.2. The van der Waals surface area contributed by atoms with Gasteiger partial charge in [-0.05, 0) is 33.4 Å². The first kappa shape index (κ1) is 22.9. The Kier molecular flexibility index (Phi) is 9.20. The molecular formula is C13H20O10S2.